The van der Waals surface area contributed by atoms with Gasteiger partial charge in [-0.1, -0.05) is 37.7 Å². The van der Waals surface area contributed by atoms with Crippen molar-refractivity contribution in [3.63, 3.8) is 0 Å². The van der Waals surface area contributed by atoms with Crippen LogP contribution in [-0.4, -0.2) is 51.3 Å². The zero-order valence-corrected chi connectivity index (χ0v) is 18.6. The van der Waals surface area contributed by atoms with Gasteiger partial charge in [-0.3, -0.25) is 9.59 Å². The fraction of sp³-hybridized carbons (Fsp3) is 0.591. The molecule has 0 bridgehead atoms. The third-order valence-corrected chi connectivity index (χ3v) is 6.30. The summed E-state index contributed by atoms with van der Waals surface area (Å²) in [6, 6.07) is 8.12. The number of fused-ring (bicyclic) bond motifs is 1. The molecule has 1 atom stereocenters. The van der Waals surface area contributed by atoms with Gasteiger partial charge in [0.2, 0.25) is 5.91 Å². The molecule has 0 unspecified atom stereocenters. The highest BCUT2D eigenvalue weighted by Gasteiger charge is 2.31. The Hall–Kier alpha value is -2.02. The summed E-state index contributed by atoms with van der Waals surface area (Å²) in [7, 11) is 0. The van der Waals surface area contributed by atoms with E-state index in [0.29, 0.717) is 38.5 Å². The van der Waals surface area contributed by atoms with E-state index in [1.165, 1.54) is 11.8 Å². The smallest absolute Gasteiger partial charge is 0.309 e. The van der Waals surface area contributed by atoms with Gasteiger partial charge in [-0.2, -0.15) is 0 Å². The summed E-state index contributed by atoms with van der Waals surface area (Å²) in [5.74, 6) is 0.377. The molecule has 1 fully saturated rings. The lowest BCUT2D eigenvalue weighted by atomic mass is 9.97. The molecule has 7 heteroatoms. The number of thioether (sulfide) groups is 1. The Labute approximate surface area is 177 Å². The highest BCUT2D eigenvalue weighted by Crippen LogP contribution is 2.30. The Morgan fingerprint density at radius 1 is 1.21 bits per heavy atom. The number of carbonyl (C=O) groups is 2. The maximum atomic E-state index is 13.0. The molecule has 29 heavy (non-hydrogen) atoms. The van der Waals surface area contributed by atoms with Gasteiger partial charge in [-0.15, -0.1) is 0 Å². The molecule has 3 rings (SSSR count). The van der Waals surface area contributed by atoms with Crippen LogP contribution in [0.2, 0.25) is 0 Å². The highest BCUT2D eigenvalue weighted by molar-refractivity contribution is 8.00. The predicted octanol–water partition coefficient (Wildman–Crippen LogP) is 3.97. The minimum absolute atomic E-state index is 0.0859. The van der Waals surface area contributed by atoms with Crippen LogP contribution in [0.4, 0.5) is 0 Å². The fourth-order valence-corrected chi connectivity index (χ4v) is 4.76. The zero-order valence-electron chi connectivity index (χ0n) is 17.8. The van der Waals surface area contributed by atoms with E-state index < -0.39 is 0 Å². The van der Waals surface area contributed by atoms with Gasteiger partial charge in [-0.25, -0.2) is 4.98 Å². The molecule has 1 aromatic heterocycles. The number of amides is 1. The number of rotatable bonds is 7. The van der Waals surface area contributed by atoms with Crippen molar-refractivity contribution < 1.29 is 14.3 Å². The lowest BCUT2D eigenvalue weighted by Crippen LogP contribution is -2.43. The van der Waals surface area contributed by atoms with Crippen LogP contribution in [0.5, 0.6) is 0 Å². The largest absolute Gasteiger partial charge is 0.466 e. The first-order valence-electron chi connectivity index (χ1n) is 10.5. The first kappa shape index (κ1) is 21.7. The van der Waals surface area contributed by atoms with Crippen molar-refractivity contribution in [3.8, 4) is 0 Å². The van der Waals surface area contributed by atoms with Crippen molar-refractivity contribution >= 4 is 34.7 Å². The van der Waals surface area contributed by atoms with Crippen LogP contribution in [0.3, 0.4) is 0 Å². The molecule has 2 heterocycles. The van der Waals surface area contributed by atoms with Gasteiger partial charge < -0.3 is 14.2 Å². The molecule has 6 nitrogen and oxygen atoms in total. The number of benzene rings is 1. The van der Waals surface area contributed by atoms with Crippen molar-refractivity contribution in [1.82, 2.24) is 14.5 Å². The van der Waals surface area contributed by atoms with E-state index in [2.05, 4.69) is 24.5 Å². The molecule has 0 spiro atoms. The first-order chi connectivity index (χ1) is 13.9. The van der Waals surface area contributed by atoms with E-state index in [1.54, 1.807) is 0 Å². The highest BCUT2D eigenvalue weighted by atomic mass is 32.2. The van der Waals surface area contributed by atoms with E-state index in [0.717, 1.165) is 22.7 Å². The molecule has 0 aliphatic carbocycles. The maximum absolute atomic E-state index is 13.0. The normalized spacial score (nSPS) is 16.4. The quantitative estimate of drug-likeness (QED) is 0.504. The van der Waals surface area contributed by atoms with Crippen molar-refractivity contribution in [3.05, 3.63) is 24.3 Å². The van der Waals surface area contributed by atoms with Crippen molar-refractivity contribution in [2.75, 3.05) is 19.7 Å². The third-order valence-electron chi connectivity index (χ3n) is 5.22. The second-order valence-corrected chi connectivity index (χ2v) is 9.31. The van der Waals surface area contributed by atoms with E-state index in [1.807, 2.05) is 36.9 Å². The molecule has 0 radical (unpaired) electrons. The van der Waals surface area contributed by atoms with Crippen LogP contribution in [0, 0.1) is 11.8 Å². The van der Waals surface area contributed by atoms with E-state index in [9.17, 15) is 9.59 Å². The monoisotopic (exact) mass is 417 g/mol. The molecule has 0 N–H and O–H groups in total. The fourth-order valence-electron chi connectivity index (χ4n) is 3.75. The lowest BCUT2D eigenvalue weighted by molar-refractivity contribution is -0.151. The molecule has 1 amide bonds. The number of imidazole rings is 1. The molecular formula is C22H31N3O3S. The molecule has 1 aliphatic heterocycles. The third kappa shape index (κ3) is 5.13. The summed E-state index contributed by atoms with van der Waals surface area (Å²) in [6.07, 6.45) is 1.35. The number of likely N-dealkylation sites (tertiary alicyclic amines) is 1. The SMILES string of the molecule is CCOC(=O)C1CCN(C(=O)[C@@H](C)Sc2nc3ccccc3n2CC(C)C)CC1. The number of aromatic nitrogens is 2. The molecule has 1 saturated heterocycles. The van der Waals surface area contributed by atoms with Gasteiger partial charge in [0.25, 0.3) is 0 Å². The number of nitrogens with zero attached hydrogens (tertiary/aromatic N) is 3. The molecule has 1 aromatic carbocycles. The zero-order chi connectivity index (χ0) is 21.0. The Morgan fingerprint density at radius 2 is 1.90 bits per heavy atom. The summed E-state index contributed by atoms with van der Waals surface area (Å²) in [5.41, 5.74) is 2.07. The Balaban J connectivity index is 1.67. The van der Waals surface area contributed by atoms with E-state index >= 15 is 0 Å². The minimum Gasteiger partial charge on any atom is -0.466 e. The van der Waals surface area contributed by atoms with Crippen LogP contribution in [0.1, 0.15) is 40.5 Å². The average molecular weight is 418 g/mol. The first-order valence-corrected chi connectivity index (χ1v) is 11.4. The molecule has 0 saturated carbocycles. The number of carbonyl (C=O) groups excluding carboxylic acids is 2. The van der Waals surface area contributed by atoms with Crippen molar-refractivity contribution in [2.45, 2.75) is 57.5 Å². The summed E-state index contributed by atoms with van der Waals surface area (Å²) >= 11 is 1.52. The van der Waals surface area contributed by atoms with Gasteiger partial charge in [0.15, 0.2) is 5.16 Å². The number of hydrogen-bond donors (Lipinski definition) is 0. The van der Waals surface area contributed by atoms with E-state index in [-0.39, 0.29) is 23.0 Å². The summed E-state index contributed by atoms with van der Waals surface area (Å²) in [5, 5.41) is 0.666. The Kier molecular flexibility index (Phi) is 7.22. The minimum atomic E-state index is -0.225. The van der Waals surface area contributed by atoms with Crippen LogP contribution < -0.4 is 0 Å². The standard InChI is InChI=1S/C22H31N3O3S/c1-5-28-21(27)17-10-12-24(13-11-17)20(26)16(4)29-22-23-18-8-6-7-9-19(18)25(22)14-15(2)3/h6-9,15-17H,5,10-14H2,1-4H3/t16-/m1/s1. The Morgan fingerprint density at radius 3 is 2.55 bits per heavy atom. The maximum Gasteiger partial charge on any atom is 0.309 e. The molecular weight excluding hydrogens is 386 g/mol. The van der Waals surface area contributed by atoms with Crippen LogP contribution in [0.25, 0.3) is 11.0 Å². The van der Waals surface area contributed by atoms with E-state index in [4.69, 9.17) is 9.72 Å². The van der Waals surface area contributed by atoms with Crippen LogP contribution in [-0.2, 0) is 20.9 Å². The summed E-state index contributed by atoms with van der Waals surface area (Å²) in [6.45, 7) is 10.6. The summed E-state index contributed by atoms with van der Waals surface area (Å²) in [4.78, 5) is 31.6. The second kappa shape index (κ2) is 9.65. The summed E-state index contributed by atoms with van der Waals surface area (Å²) < 4.78 is 7.34. The number of piperidine rings is 1. The topological polar surface area (TPSA) is 64.4 Å². The second-order valence-electron chi connectivity index (χ2n) is 8.00. The number of ether oxygens (including phenoxy) is 1. The number of hydrogen-bond acceptors (Lipinski definition) is 5. The number of para-hydroxylation sites is 2. The van der Waals surface area contributed by atoms with Crippen molar-refractivity contribution in [1.29, 1.82) is 0 Å². The van der Waals surface area contributed by atoms with Gasteiger partial charge >= 0.3 is 5.97 Å². The Bertz CT molecular complexity index is 856. The molecule has 158 valence electrons. The van der Waals surface area contributed by atoms with Gasteiger partial charge in [0.1, 0.15) is 0 Å². The van der Waals surface area contributed by atoms with Crippen LogP contribution in [0.15, 0.2) is 29.4 Å². The van der Waals surface area contributed by atoms with Gasteiger partial charge in [0, 0.05) is 19.6 Å². The van der Waals surface area contributed by atoms with Gasteiger partial charge in [0.05, 0.1) is 28.8 Å². The average Bonchev–Trinajstić information content (AvgIpc) is 3.04. The number of esters is 1. The van der Waals surface area contributed by atoms with Crippen molar-refractivity contribution in [2.24, 2.45) is 11.8 Å². The molecule has 1 aliphatic rings. The van der Waals surface area contributed by atoms with Gasteiger partial charge in [-0.05, 0) is 44.7 Å². The lowest BCUT2D eigenvalue weighted by Gasteiger charge is -2.32. The van der Waals surface area contributed by atoms with Crippen LogP contribution >= 0.6 is 11.8 Å². The predicted molar refractivity (Wildman–Crippen MR) is 116 cm³/mol. The molecule has 2 aromatic rings.